The monoisotopic (exact) mass is 419 g/mol. The molecule has 0 unspecified atom stereocenters. The van der Waals surface area contributed by atoms with Gasteiger partial charge in [-0.2, -0.15) is 0 Å². The van der Waals surface area contributed by atoms with E-state index in [0.29, 0.717) is 18.8 Å². The van der Waals surface area contributed by atoms with E-state index < -0.39 is 6.04 Å². The van der Waals surface area contributed by atoms with Gasteiger partial charge in [0.15, 0.2) is 11.6 Å². The van der Waals surface area contributed by atoms with E-state index in [9.17, 15) is 9.59 Å². The molecule has 31 heavy (non-hydrogen) atoms. The number of aromatic nitrogens is 5. The Bertz CT molecular complexity index is 1170. The molecule has 0 spiro atoms. The number of carbonyl (C=O) groups is 1. The van der Waals surface area contributed by atoms with Crippen molar-refractivity contribution in [1.82, 2.24) is 29.6 Å². The number of likely N-dealkylation sites (N-methyl/N-ethyl adjacent to an activating group) is 1. The van der Waals surface area contributed by atoms with E-state index >= 15 is 0 Å². The Labute approximate surface area is 179 Å². The second-order valence-corrected chi connectivity index (χ2v) is 8.23. The van der Waals surface area contributed by atoms with Gasteiger partial charge >= 0.3 is 0 Å². The second kappa shape index (κ2) is 7.64. The first-order chi connectivity index (χ1) is 15.1. The number of piperidine rings is 1. The Morgan fingerprint density at radius 1 is 1.19 bits per heavy atom. The summed E-state index contributed by atoms with van der Waals surface area (Å²) in [5.74, 6) is 1.62. The molecule has 1 fully saturated rings. The fourth-order valence-corrected chi connectivity index (χ4v) is 4.96. The summed E-state index contributed by atoms with van der Waals surface area (Å²) in [7, 11) is 1.92. The highest BCUT2D eigenvalue weighted by molar-refractivity contribution is 5.81. The summed E-state index contributed by atoms with van der Waals surface area (Å²) in [5.41, 5.74) is 1.52. The van der Waals surface area contributed by atoms with Gasteiger partial charge in [0.2, 0.25) is 5.91 Å². The van der Waals surface area contributed by atoms with Crippen LogP contribution < -0.4 is 15.8 Å². The summed E-state index contributed by atoms with van der Waals surface area (Å²) >= 11 is 0. The predicted molar refractivity (Wildman–Crippen MR) is 116 cm³/mol. The molecule has 2 bridgehead atoms. The lowest BCUT2D eigenvalue weighted by atomic mass is 9.78. The molecule has 1 N–H and O–H groups in total. The van der Waals surface area contributed by atoms with Crippen LogP contribution in [-0.4, -0.2) is 49.9 Å². The molecule has 2 aliphatic rings. The van der Waals surface area contributed by atoms with Crippen LogP contribution in [0.1, 0.15) is 31.0 Å². The predicted octanol–water partition coefficient (Wildman–Crippen LogP) is 1.34. The van der Waals surface area contributed by atoms with Gasteiger partial charge in [0.1, 0.15) is 11.7 Å². The van der Waals surface area contributed by atoms with Gasteiger partial charge in [-0.1, -0.05) is 6.07 Å². The second-order valence-electron chi connectivity index (χ2n) is 8.23. The first-order valence-corrected chi connectivity index (χ1v) is 10.6. The van der Waals surface area contributed by atoms with Crippen molar-refractivity contribution < 1.29 is 4.79 Å². The minimum absolute atomic E-state index is 0.0221. The highest BCUT2D eigenvalue weighted by Crippen LogP contribution is 2.42. The van der Waals surface area contributed by atoms with Crippen molar-refractivity contribution in [2.45, 2.75) is 25.3 Å². The number of rotatable bonds is 4. The SMILES string of the molecule is CCNC(=O)[C@H]1[C@@H]2C[C@@H](CN(c3ccc(-c4nccn4C)nn3)C2)c2cccc(=O)n21. The summed E-state index contributed by atoms with van der Waals surface area (Å²) in [6, 6.07) is 8.66. The lowest BCUT2D eigenvalue weighted by molar-refractivity contribution is -0.126. The third-order valence-corrected chi connectivity index (χ3v) is 6.29. The Morgan fingerprint density at radius 3 is 2.77 bits per heavy atom. The van der Waals surface area contributed by atoms with Crippen molar-refractivity contribution in [2.24, 2.45) is 13.0 Å². The first-order valence-electron chi connectivity index (χ1n) is 10.6. The molecule has 1 amide bonds. The molecule has 3 aromatic heterocycles. The lowest BCUT2D eigenvalue weighted by Gasteiger charge is -2.46. The van der Waals surface area contributed by atoms with Crippen molar-refractivity contribution in [3.63, 3.8) is 0 Å². The van der Waals surface area contributed by atoms with Gasteiger partial charge in [-0.05, 0) is 31.5 Å². The fourth-order valence-electron chi connectivity index (χ4n) is 4.96. The molecule has 5 heterocycles. The molecular formula is C22H25N7O2. The number of aryl methyl sites for hydroxylation is 1. The molecule has 0 aromatic carbocycles. The van der Waals surface area contributed by atoms with E-state index in [2.05, 4.69) is 25.4 Å². The highest BCUT2D eigenvalue weighted by Gasteiger charge is 2.43. The zero-order valence-electron chi connectivity index (χ0n) is 17.6. The van der Waals surface area contributed by atoms with E-state index in [1.807, 2.05) is 42.9 Å². The van der Waals surface area contributed by atoms with Crippen LogP contribution in [0.2, 0.25) is 0 Å². The maximum atomic E-state index is 12.9. The number of hydrogen-bond acceptors (Lipinski definition) is 6. The zero-order valence-corrected chi connectivity index (χ0v) is 17.6. The van der Waals surface area contributed by atoms with E-state index in [1.165, 1.54) is 6.07 Å². The number of anilines is 1. The quantitative estimate of drug-likeness (QED) is 0.685. The molecular weight excluding hydrogens is 394 g/mol. The molecule has 9 heteroatoms. The average molecular weight is 419 g/mol. The Morgan fingerprint density at radius 2 is 2.06 bits per heavy atom. The van der Waals surface area contributed by atoms with Crippen molar-refractivity contribution in [1.29, 1.82) is 0 Å². The van der Waals surface area contributed by atoms with Gasteiger partial charge in [0.25, 0.3) is 5.56 Å². The van der Waals surface area contributed by atoms with Crippen LogP contribution in [0.15, 0.2) is 47.5 Å². The molecule has 1 saturated heterocycles. The molecule has 0 radical (unpaired) electrons. The normalized spacial score (nSPS) is 22.1. The van der Waals surface area contributed by atoms with E-state index in [0.717, 1.165) is 30.3 Å². The zero-order chi connectivity index (χ0) is 21.5. The van der Waals surface area contributed by atoms with Gasteiger partial charge < -0.3 is 14.8 Å². The maximum absolute atomic E-state index is 12.9. The number of amides is 1. The smallest absolute Gasteiger partial charge is 0.251 e. The van der Waals surface area contributed by atoms with Crippen molar-refractivity contribution in [3.05, 3.63) is 58.8 Å². The van der Waals surface area contributed by atoms with Crippen LogP contribution >= 0.6 is 0 Å². The van der Waals surface area contributed by atoms with Crippen LogP contribution in [0, 0.1) is 5.92 Å². The fraction of sp³-hybridized carbons (Fsp3) is 0.409. The van der Waals surface area contributed by atoms with Gasteiger partial charge in [-0.3, -0.25) is 14.2 Å². The molecule has 9 nitrogen and oxygen atoms in total. The Hall–Kier alpha value is -3.49. The molecule has 3 aromatic rings. The standard InChI is InChI=1S/C22H25N7O2/c1-3-23-22(31)20-15-11-14(17-5-4-6-19(30)29(17)20)12-28(13-15)18-8-7-16(25-26-18)21-24-9-10-27(21)2/h4-10,14-15,20H,3,11-13H2,1-2H3,(H,23,31)/t14-,15+,20+/m0/s1. The van der Waals surface area contributed by atoms with E-state index in [1.54, 1.807) is 16.8 Å². The number of fused-ring (bicyclic) bond motifs is 4. The topological polar surface area (TPSA) is 97.9 Å². The molecule has 160 valence electrons. The summed E-state index contributed by atoms with van der Waals surface area (Å²) in [6.07, 6.45) is 4.48. The van der Waals surface area contributed by atoms with Crippen LogP contribution in [0.4, 0.5) is 5.82 Å². The highest BCUT2D eigenvalue weighted by atomic mass is 16.2. The molecule has 0 aliphatic carbocycles. The molecule has 2 aliphatic heterocycles. The number of hydrogen-bond donors (Lipinski definition) is 1. The maximum Gasteiger partial charge on any atom is 0.251 e. The number of carbonyl (C=O) groups excluding carboxylic acids is 1. The molecule has 5 rings (SSSR count). The minimum Gasteiger partial charge on any atom is -0.355 e. The molecule has 3 atom stereocenters. The first kappa shape index (κ1) is 19.5. The van der Waals surface area contributed by atoms with E-state index in [4.69, 9.17) is 0 Å². The van der Waals surface area contributed by atoms with Crippen molar-refractivity contribution in [2.75, 3.05) is 24.5 Å². The van der Waals surface area contributed by atoms with Gasteiger partial charge in [-0.25, -0.2) is 4.98 Å². The van der Waals surface area contributed by atoms with Crippen LogP contribution in [0.5, 0.6) is 0 Å². The summed E-state index contributed by atoms with van der Waals surface area (Å²) in [6.45, 7) is 3.81. The number of pyridine rings is 1. The average Bonchev–Trinajstić information content (AvgIpc) is 3.20. The summed E-state index contributed by atoms with van der Waals surface area (Å²) in [4.78, 5) is 32.1. The summed E-state index contributed by atoms with van der Waals surface area (Å²) < 4.78 is 3.61. The number of nitrogens with zero attached hydrogens (tertiary/aromatic N) is 6. The Kier molecular flexibility index (Phi) is 4.80. The van der Waals surface area contributed by atoms with Crippen LogP contribution in [0.3, 0.4) is 0 Å². The van der Waals surface area contributed by atoms with Gasteiger partial charge in [-0.15, -0.1) is 10.2 Å². The lowest BCUT2D eigenvalue weighted by Crippen LogP contribution is -2.53. The summed E-state index contributed by atoms with van der Waals surface area (Å²) in [5, 5.41) is 11.8. The van der Waals surface area contributed by atoms with Crippen molar-refractivity contribution in [3.8, 4) is 11.5 Å². The van der Waals surface area contributed by atoms with Crippen LogP contribution in [-0.2, 0) is 11.8 Å². The third-order valence-electron chi connectivity index (χ3n) is 6.29. The Balaban J connectivity index is 1.48. The van der Waals surface area contributed by atoms with Gasteiger partial charge in [0, 0.05) is 62.7 Å². The van der Waals surface area contributed by atoms with Crippen LogP contribution in [0.25, 0.3) is 11.5 Å². The largest absolute Gasteiger partial charge is 0.355 e. The molecule has 0 saturated carbocycles. The minimum atomic E-state index is -0.512. The number of imidazole rings is 1. The van der Waals surface area contributed by atoms with Gasteiger partial charge in [0.05, 0.1) is 0 Å². The number of nitrogens with one attached hydrogen (secondary N) is 1. The van der Waals surface area contributed by atoms with E-state index in [-0.39, 0.29) is 23.3 Å². The van der Waals surface area contributed by atoms with Crippen molar-refractivity contribution >= 4 is 11.7 Å². The third kappa shape index (κ3) is 3.30.